The average Bonchev–Trinajstić information content (AvgIpc) is 2.66. The van der Waals surface area contributed by atoms with E-state index in [1.165, 1.54) is 36.1 Å². The number of aldehydes is 1. The van der Waals surface area contributed by atoms with Gasteiger partial charge in [-0.3, -0.25) is 4.79 Å². The molecule has 84 valence electrons. The van der Waals surface area contributed by atoms with Gasteiger partial charge in [0.05, 0.1) is 4.88 Å². The van der Waals surface area contributed by atoms with Crippen LogP contribution in [0.3, 0.4) is 0 Å². The van der Waals surface area contributed by atoms with Crippen LogP contribution in [0.2, 0.25) is 0 Å². The monoisotopic (exact) mass is 224 g/mol. The third-order valence-electron chi connectivity index (χ3n) is 2.59. The molecule has 15 heavy (non-hydrogen) atoms. The Hall–Kier alpha value is -0.630. The van der Waals surface area contributed by atoms with Crippen molar-refractivity contribution in [2.75, 3.05) is 0 Å². The van der Waals surface area contributed by atoms with Crippen LogP contribution in [0.5, 0.6) is 0 Å². The molecule has 2 heteroatoms. The Kier molecular flexibility index (Phi) is 5.62. The van der Waals surface area contributed by atoms with Crippen molar-refractivity contribution in [3.8, 4) is 0 Å². The number of unbranched alkanes of at least 4 members (excludes halogenated alkanes) is 2. The van der Waals surface area contributed by atoms with Crippen LogP contribution in [0, 0.1) is 0 Å². The van der Waals surface area contributed by atoms with Gasteiger partial charge in [0.2, 0.25) is 0 Å². The highest BCUT2D eigenvalue weighted by Gasteiger charge is 2.07. The lowest BCUT2D eigenvalue weighted by atomic mass is 10.1. The van der Waals surface area contributed by atoms with E-state index in [0.717, 1.165) is 24.0 Å². The summed E-state index contributed by atoms with van der Waals surface area (Å²) < 4.78 is 0. The van der Waals surface area contributed by atoms with Crippen LogP contribution >= 0.6 is 11.3 Å². The van der Waals surface area contributed by atoms with Crippen LogP contribution in [-0.4, -0.2) is 6.29 Å². The Labute approximate surface area is 96.5 Å². The van der Waals surface area contributed by atoms with Crippen molar-refractivity contribution in [3.63, 3.8) is 0 Å². The van der Waals surface area contributed by atoms with Crippen molar-refractivity contribution in [1.29, 1.82) is 0 Å². The molecule has 0 N–H and O–H groups in total. The van der Waals surface area contributed by atoms with Gasteiger partial charge in [-0.2, -0.15) is 0 Å². The SMILES string of the molecule is CCCCc1cc(C=O)sc1CCCC. The number of carbonyl (C=O) groups is 1. The van der Waals surface area contributed by atoms with Crippen molar-refractivity contribution in [2.45, 2.75) is 52.4 Å². The zero-order chi connectivity index (χ0) is 11.1. The fourth-order valence-corrected chi connectivity index (χ4v) is 2.75. The van der Waals surface area contributed by atoms with E-state index in [2.05, 4.69) is 19.9 Å². The highest BCUT2D eigenvalue weighted by Crippen LogP contribution is 2.24. The first-order valence-corrected chi connectivity index (χ1v) is 6.70. The predicted octanol–water partition coefficient (Wildman–Crippen LogP) is 4.25. The molecule has 0 saturated heterocycles. The second-order valence-electron chi connectivity index (χ2n) is 3.92. The molecule has 0 aromatic carbocycles. The maximum Gasteiger partial charge on any atom is 0.160 e. The van der Waals surface area contributed by atoms with Gasteiger partial charge in [0.1, 0.15) is 0 Å². The molecule has 0 radical (unpaired) electrons. The lowest BCUT2D eigenvalue weighted by molar-refractivity contribution is 0.112. The molecule has 0 aliphatic heterocycles. The van der Waals surface area contributed by atoms with Gasteiger partial charge in [-0.15, -0.1) is 11.3 Å². The van der Waals surface area contributed by atoms with Crippen LogP contribution < -0.4 is 0 Å². The smallest absolute Gasteiger partial charge is 0.160 e. The molecule has 0 aliphatic carbocycles. The summed E-state index contributed by atoms with van der Waals surface area (Å²) in [5.74, 6) is 0. The van der Waals surface area contributed by atoms with E-state index < -0.39 is 0 Å². The highest BCUT2D eigenvalue weighted by molar-refractivity contribution is 7.13. The van der Waals surface area contributed by atoms with Gasteiger partial charge in [0, 0.05) is 4.88 Å². The van der Waals surface area contributed by atoms with E-state index >= 15 is 0 Å². The van der Waals surface area contributed by atoms with Crippen molar-refractivity contribution in [1.82, 2.24) is 0 Å². The van der Waals surface area contributed by atoms with E-state index in [4.69, 9.17) is 0 Å². The molecular weight excluding hydrogens is 204 g/mol. The normalized spacial score (nSPS) is 10.5. The van der Waals surface area contributed by atoms with Gasteiger partial charge < -0.3 is 0 Å². The minimum absolute atomic E-state index is 0.896. The van der Waals surface area contributed by atoms with Crippen molar-refractivity contribution < 1.29 is 4.79 Å². The Morgan fingerprint density at radius 1 is 1.20 bits per heavy atom. The quantitative estimate of drug-likeness (QED) is 0.633. The summed E-state index contributed by atoms with van der Waals surface area (Å²) in [6, 6.07) is 2.08. The average molecular weight is 224 g/mol. The topological polar surface area (TPSA) is 17.1 Å². The lowest BCUT2D eigenvalue weighted by Crippen LogP contribution is -1.88. The van der Waals surface area contributed by atoms with Gasteiger partial charge in [-0.05, 0) is 37.3 Å². The first-order valence-electron chi connectivity index (χ1n) is 5.88. The van der Waals surface area contributed by atoms with E-state index in [9.17, 15) is 4.79 Å². The number of aryl methyl sites for hydroxylation is 2. The largest absolute Gasteiger partial charge is 0.297 e. The summed E-state index contributed by atoms with van der Waals surface area (Å²) in [5.41, 5.74) is 1.41. The summed E-state index contributed by atoms with van der Waals surface area (Å²) in [6.45, 7) is 4.42. The Balaban J connectivity index is 2.70. The number of thiophene rings is 1. The zero-order valence-electron chi connectivity index (χ0n) is 9.71. The molecule has 0 atom stereocenters. The summed E-state index contributed by atoms with van der Waals surface area (Å²) in [7, 11) is 0. The molecule has 1 aromatic rings. The summed E-state index contributed by atoms with van der Waals surface area (Å²) in [4.78, 5) is 13.1. The second-order valence-corrected chi connectivity index (χ2v) is 5.09. The van der Waals surface area contributed by atoms with Crippen LogP contribution in [0.25, 0.3) is 0 Å². The van der Waals surface area contributed by atoms with E-state index in [1.54, 1.807) is 11.3 Å². The van der Waals surface area contributed by atoms with Gasteiger partial charge in [0.25, 0.3) is 0 Å². The third-order valence-corrected chi connectivity index (χ3v) is 3.75. The summed E-state index contributed by atoms with van der Waals surface area (Å²) in [5, 5.41) is 0. The lowest BCUT2D eigenvalue weighted by Gasteiger charge is -2.01. The molecule has 0 aliphatic rings. The molecule has 0 bridgehead atoms. The van der Waals surface area contributed by atoms with Crippen LogP contribution in [0.15, 0.2) is 6.07 Å². The molecule has 0 unspecified atom stereocenters. The van der Waals surface area contributed by atoms with Gasteiger partial charge in [-0.25, -0.2) is 0 Å². The standard InChI is InChI=1S/C13H20OS/c1-3-5-7-11-9-12(10-14)15-13(11)8-6-4-2/h9-10H,3-8H2,1-2H3. The van der Waals surface area contributed by atoms with Gasteiger partial charge in [0.15, 0.2) is 6.29 Å². The molecule has 1 heterocycles. The van der Waals surface area contributed by atoms with Crippen LogP contribution in [0.1, 0.15) is 59.6 Å². The molecule has 1 rings (SSSR count). The number of hydrogen-bond acceptors (Lipinski definition) is 2. The molecule has 0 fully saturated rings. The number of hydrogen-bond donors (Lipinski definition) is 0. The first kappa shape index (κ1) is 12.4. The van der Waals surface area contributed by atoms with E-state index in [-0.39, 0.29) is 0 Å². The van der Waals surface area contributed by atoms with Crippen molar-refractivity contribution in [2.24, 2.45) is 0 Å². The number of carbonyl (C=O) groups excluding carboxylic acids is 1. The summed E-state index contributed by atoms with van der Waals surface area (Å²) in [6.07, 6.45) is 8.18. The fourth-order valence-electron chi connectivity index (χ4n) is 1.68. The van der Waals surface area contributed by atoms with Gasteiger partial charge >= 0.3 is 0 Å². The Morgan fingerprint density at radius 2 is 1.87 bits per heavy atom. The van der Waals surface area contributed by atoms with Crippen molar-refractivity contribution >= 4 is 17.6 Å². The minimum Gasteiger partial charge on any atom is -0.297 e. The van der Waals surface area contributed by atoms with Crippen LogP contribution in [-0.2, 0) is 12.8 Å². The second kappa shape index (κ2) is 6.78. The molecule has 0 amide bonds. The summed E-state index contributed by atoms with van der Waals surface area (Å²) >= 11 is 1.68. The molecule has 1 aromatic heterocycles. The predicted molar refractivity (Wildman–Crippen MR) is 66.9 cm³/mol. The molecule has 0 saturated carbocycles. The first-order chi connectivity index (χ1) is 7.31. The maximum absolute atomic E-state index is 10.7. The van der Waals surface area contributed by atoms with Crippen LogP contribution in [0.4, 0.5) is 0 Å². The molecule has 0 spiro atoms. The molecule has 1 nitrogen and oxygen atoms in total. The third kappa shape index (κ3) is 3.78. The van der Waals surface area contributed by atoms with E-state index in [1.807, 2.05) is 0 Å². The Morgan fingerprint density at radius 3 is 2.47 bits per heavy atom. The minimum atomic E-state index is 0.896. The number of rotatable bonds is 7. The maximum atomic E-state index is 10.7. The van der Waals surface area contributed by atoms with Crippen molar-refractivity contribution in [3.05, 3.63) is 21.4 Å². The highest BCUT2D eigenvalue weighted by atomic mass is 32.1. The molecular formula is C13H20OS. The van der Waals surface area contributed by atoms with E-state index in [0.29, 0.717) is 0 Å². The Bertz CT molecular complexity index is 276. The van der Waals surface area contributed by atoms with Gasteiger partial charge in [-0.1, -0.05) is 26.7 Å². The fraction of sp³-hybridized carbons (Fsp3) is 0.615. The zero-order valence-corrected chi connectivity index (χ0v) is 10.5.